The number of aliphatic hydroxyl groups excluding tert-OH is 1. The smallest absolute Gasteiger partial charge is 0.255 e. The molecule has 1 heterocycles. The molecule has 1 fully saturated rings. The highest BCUT2D eigenvalue weighted by atomic mass is 35.5. The van der Waals surface area contributed by atoms with Crippen LogP contribution in [0.1, 0.15) is 23.2 Å². The van der Waals surface area contributed by atoms with Crippen LogP contribution >= 0.6 is 23.2 Å². The Morgan fingerprint density at radius 1 is 1.47 bits per heavy atom. The van der Waals surface area contributed by atoms with Gasteiger partial charge in [-0.05, 0) is 31.0 Å². The molecule has 0 saturated carbocycles. The van der Waals surface area contributed by atoms with Crippen LogP contribution < -0.4 is 0 Å². The molecular weight excluding hydrogens is 261 g/mol. The molecule has 2 rings (SSSR count). The van der Waals surface area contributed by atoms with E-state index in [9.17, 15) is 9.90 Å². The van der Waals surface area contributed by atoms with E-state index in [-0.39, 0.29) is 18.6 Å². The van der Waals surface area contributed by atoms with Gasteiger partial charge in [0.2, 0.25) is 0 Å². The number of rotatable bonds is 2. The molecule has 1 atom stereocenters. The lowest BCUT2D eigenvalue weighted by molar-refractivity contribution is 0.0678. The van der Waals surface area contributed by atoms with Gasteiger partial charge in [0, 0.05) is 11.6 Å². The molecule has 0 bridgehead atoms. The van der Waals surface area contributed by atoms with Crippen LogP contribution in [0.25, 0.3) is 0 Å². The molecule has 1 unspecified atom stereocenters. The fourth-order valence-corrected chi connectivity index (χ4v) is 2.60. The molecule has 1 amide bonds. The number of hydrogen-bond donors (Lipinski definition) is 1. The van der Waals surface area contributed by atoms with Gasteiger partial charge in [-0.25, -0.2) is 0 Å². The fraction of sp³-hybridized carbons (Fsp3) is 0.417. The van der Waals surface area contributed by atoms with Crippen molar-refractivity contribution in [3.63, 3.8) is 0 Å². The summed E-state index contributed by atoms with van der Waals surface area (Å²) >= 11 is 11.8. The number of hydrogen-bond acceptors (Lipinski definition) is 2. The zero-order valence-corrected chi connectivity index (χ0v) is 10.7. The van der Waals surface area contributed by atoms with Gasteiger partial charge in [-0.3, -0.25) is 4.79 Å². The zero-order chi connectivity index (χ0) is 12.4. The van der Waals surface area contributed by atoms with Crippen LogP contribution in [0, 0.1) is 0 Å². The normalized spacial score (nSPS) is 19.7. The number of aliphatic hydroxyl groups is 1. The number of carbonyl (C=O) groups excluding carboxylic acids is 1. The Balaban J connectivity index is 2.24. The fourth-order valence-electron chi connectivity index (χ4n) is 2.11. The Morgan fingerprint density at radius 3 is 2.88 bits per heavy atom. The minimum Gasteiger partial charge on any atom is -0.394 e. The third-order valence-electron chi connectivity index (χ3n) is 3.01. The number of likely N-dealkylation sites (tertiary alicyclic amines) is 1. The summed E-state index contributed by atoms with van der Waals surface area (Å²) < 4.78 is 0. The molecule has 0 aliphatic carbocycles. The number of benzene rings is 1. The average Bonchev–Trinajstić information content (AvgIpc) is 2.76. The van der Waals surface area contributed by atoms with Crippen molar-refractivity contribution in [2.45, 2.75) is 18.9 Å². The van der Waals surface area contributed by atoms with Gasteiger partial charge in [-0.15, -0.1) is 0 Å². The van der Waals surface area contributed by atoms with E-state index < -0.39 is 0 Å². The Bertz CT molecular complexity index is 437. The molecular formula is C12H13Cl2NO2. The van der Waals surface area contributed by atoms with Crippen molar-refractivity contribution in [3.05, 3.63) is 33.8 Å². The molecule has 0 aromatic heterocycles. The van der Waals surface area contributed by atoms with Crippen LogP contribution in [0.3, 0.4) is 0 Å². The molecule has 5 heteroatoms. The summed E-state index contributed by atoms with van der Waals surface area (Å²) in [6, 6.07) is 4.74. The average molecular weight is 274 g/mol. The Labute approximate surface area is 110 Å². The Hall–Kier alpha value is -0.770. The van der Waals surface area contributed by atoms with Crippen molar-refractivity contribution in [2.24, 2.45) is 0 Å². The maximum atomic E-state index is 12.2. The zero-order valence-electron chi connectivity index (χ0n) is 9.20. The van der Waals surface area contributed by atoms with Crippen molar-refractivity contribution >= 4 is 29.1 Å². The molecule has 0 spiro atoms. The minimum atomic E-state index is -0.136. The van der Waals surface area contributed by atoms with Crippen molar-refractivity contribution in [1.29, 1.82) is 0 Å². The van der Waals surface area contributed by atoms with Gasteiger partial charge in [0.05, 0.1) is 23.2 Å². The van der Waals surface area contributed by atoms with Crippen LogP contribution in [0.2, 0.25) is 10.0 Å². The first-order valence-corrected chi connectivity index (χ1v) is 6.26. The molecule has 1 aliphatic heterocycles. The maximum Gasteiger partial charge on any atom is 0.255 e. The van der Waals surface area contributed by atoms with Gasteiger partial charge in [-0.1, -0.05) is 23.2 Å². The van der Waals surface area contributed by atoms with Gasteiger partial charge >= 0.3 is 0 Å². The van der Waals surface area contributed by atoms with E-state index in [4.69, 9.17) is 23.2 Å². The van der Waals surface area contributed by atoms with Crippen LogP contribution in [0.15, 0.2) is 18.2 Å². The Morgan fingerprint density at radius 2 is 2.24 bits per heavy atom. The molecule has 1 aromatic carbocycles. The van der Waals surface area contributed by atoms with Gasteiger partial charge in [-0.2, -0.15) is 0 Å². The SMILES string of the molecule is O=C(c1ccc(Cl)cc1Cl)N1CCCC1CO. The minimum absolute atomic E-state index is 0.00303. The monoisotopic (exact) mass is 273 g/mol. The van der Waals surface area contributed by atoms with Crippen molar-refractivity contribution in [2.75, 3.05) is 13.2 Å². The summed E-state index contributed by atoms with van der Waals surface area (Å²) in [5.74, 6) is -0.136. The third kappa shape index (κ3) is 2.57. The van der Waals surface area contributed by atoms with Crippen LogP contribution in [0.5, 0.6) is 0 Å². The van der Waals surface area contributed by atoms with E-state index in [1.165, 1.54) is 0 Å². The van der Waals surface area contributed by atoms with E-state index in [1.807, 2.05) is 0 Å². The molecule has 1 aliphatic rings. The topological polar surface area (TPSA) is 40.5 Å². The van der Waals surface area contributed by atoms with Crippen LogP contribution in [-0.4, -0.2) is 35.1 Å². The molecule has 0 radical (unpaired) electrons. The maximum absolute atomic E-state index is 12.2. The second-order valence-electron chi connectivity index (χ2n) is 4.10. The third-order valence-corrected chi connectivity index (χ3v) is 3.56. The predicted molar refractivity (Wildman–Crippen MR) is 67.6 cm³/mol. The highest BCUT2D eigenvalue weighted by molar-refractivity contribution is 6.36. The summed E-state index contributed by atoms with van der Waals surface area (Å²) in [6.07, 6.45) is 1.76. The lowest BCUT2D eigenvalue weighted by atomic mass is 10.1. The lowest BCUT2D eigenvalue weighted by Crippen LogP contribution is -2.37. The van der Waals surface area contributed by atoms with Crippen molar-refractivity contribution in [3.8, 4) is 0 Å². The highest BCUT2D eigenvalue weighted by Crippen LogP contribution is 2.25. The van der Waals surface area contributed by atoms with Crippen LogP contribution in [-0.2, 0) is 0 Å². The standard InChI is InChI=1S/C12H13Cl2NO2/c13-8-3-4-10(11(14)6-8)12(17)15-5-1-2-9(15)7-16/h3-4,6,9,16H,1-2,5,7H2. The highest BCUT2D eigenvalue weighted by Gasteiger charge is 2.29. The van der Waals surface area contributed by atoms with E-state index in [2.05, 4.69) is 0 Å². The number of nitrogens with zero attached hydrogens (tertiary/aromatic N) is 1. The summed E-state index contributed by atoms with van der Waals surface area (Å²) in [7, 11) is 0. The Kier molecular flexibility index (Phi) is 3.92. The van der Waals surface area contributed by atoms with E-state index in [0.717, 1.165) is 12.8 Å². The predicted octanol–water partition coefficient (Wildman–Crippen LogP) is 2.59. The van der Waals surface area contributed by atoms with Crippen molar-refractivity contribution < 1.29 is 9.90 Å². The first-order chi connectivity index (χ1) is 8.13. The quantitative estimate of drug-likeness (QED) is 0.900. The number of carbonyl (C=O) groups is 1. The van der Waals surface area contributed by atoms with Gasteiger partial charge in [0.25, 0.3) is 5.91 Å². The molecule has 17 heavy (non-hydrogen) atoms. The van der Waals surface area contributed by atoms with Gasteiger partial charge < -0.3 is 10.0 Å². The van der Waals surface area contributed by atoms with E-state index in [1.54, 1.807) is 23.1 Å². The largest absolute Gasteiger partial charge is 0.394 e. The summed E-state index contributed by atoms with van der Waals surface area (Å²) in [4.78, 5) is 13.9. The molecule has 1 saturated heterocycles. The number of amides is 1. The first kappa shape index (κ1) is 12.7. The second-order valence-corrected chi connectivity index (χ2v) is 4.94. The van der Waals surface area contributed by atoms with Crippen LogP contribution in [0.4, 0.5) is 0 Å². The molecule has 92 valence electrons. The summed E-state index contributed by atoms with van der Waals surface area (Å²) in [6.45, 7) is 0.667. The first-order valence-electron chi connectivity index (χ1n) is 5.50. The van der Waals surface area contributed by atoms with E-state index in [0.29, 0.717) is 22.2 Å². The summed E-state index contributed by atoms with van der Waals surface area (Å²) in [5, 5.41) is 10.1. The molecule has 1 N–H and O–H groups in total. The molecule has 1 aromatic rings. The second kappa shape index (κ2) is 5.25. The molecule has 3 nitrogen and oxygen atoms in total. The van der Waals surface area contributed by atoms with E-state index >= 15 is 0 Å². The number of halogens is 2. The lowest BCUT2D eigenvalue weighted by Gasteiger charge is -2.23. The van der Waals surface area contributed by atoms with Gasteiger partial charge in [0.15, 0.2) is 0 Å². The summed E-state index contributed by atoms with van der Waals surface area (Å²) in [5.41, 5.74) is 0.441. The van der Waals surface area contributed by atoms with Gasteiger partial charge in [0.1, 0.15) is 0 Å². The van der Waals surface area contributed by atoms with Crippen molar-refractivity contribution in [1.82, 2.24) is 4.90 Å².